The Morgan fingerprint density at radius 3 is 2.27 bits per heavy atom. The molecule has 1 unspecified atom stereocenters. The molecule has 1 aliphatic heterocycles. The van der Waals surface area contributed by atoms with Gasteiger partial charge in [0.1, 0.15) is 12.6 Å². The molecule has 1 fully saturated rings. The number of hydrogen-bond acceptors (Lipinski definition) is 4. The zero-order valence-electron chi connectivity index (χ0n) is 18.6. The van der Waals surface area contributed by atoms with Gasteiger partial charge in [-0.3, -0.25) is 9.59 Å². The molecule has 1 saturated heterocycles. The smallest absolute Gasteiger partial charge is 0.407 e. The summed E-state index contributed by atoms with van der Waals surface area (Å²) < 4.78 is 5.56. The van der Waals surface area contributed by atoms with Crippen LogP contribution in [0.2, 0.25) is 0 Å². The fourth-order valence-corrected chi connectivity index (χ4v) is 4.86. The molecule has 2 aromatic rings. The third-order valence-corrected chi connectivity index (χ3v) is 6.58. The summed E-state index contributed by atoms with van der Waals surface area (Å²) in [4.78, 5) is 38.5. The van der Waals surface area contributed by atoms with Gasteiger partial charge < -0.3 is 20.1 Å². The van der Waals surface area contributed by atoms with Crippen LogP contribution in [0.15, 0.2) is 61.2 Å². The van der Waals surface area contributed by atoms with Crippen LogP contribution >= 0.6 is 0 Å². The van der Waals surface area contributed by atoms with Gasteiger partial charge in [0.25, 0.3) is 0 Å². The number of carboxylic acids is 1. The molecule has 4 rings (SSSR count). The predicted molar refractivity (Wildman–Crippen MR) is 124 cm³/mol. The number of carboxylic acid groups (broad SMARTS) is 1. The van der Waals surface area contributed by atoms with Crippen LogP contribution in [-0.4, -0.2) is 53.7 Å². The van der Waals surface area contributed by atoms with Gasteiger partial charge in [-0.15, -0.1) is 6.58 Å². The predicted octanol–water partition coefficient (Wildman–Crippen LogP) is 3.65. The Bertz CT molecular complexity index is 1040. The van der Waals surface area contributed by atoms with E-state index < -0.39 is 24.0 Å². The van der Waals surface area contributed by atoms with Crippen molar-refractivity contribution in [3.63, 3.8) is 0 Å². The quantitative estimate of drug-likeness (QED) is 0.631. The lowest BCUT2D eigenvalue weighted by Gasteiger charge is -2.24. The standard InChI is InChI=1S/C26H28N2O5/c1-3-8-23(24(29)28-13-16(2)21(14-28)25(30)31)27-26(32)33-15-22-19-11-6-4-9-17(19)18-10-5-7-12-20(18)22/h3-7,9-12,16,21-23H,1,8,13-15H2,2H3,(H,27,32)(H,30,31)/t16-,21-,23?/m0/s1. The number of hydrogen-bond donors (Lipinski definition) is 2. The minimum atomic E-state index is -0.914. The summed E-state index contributed by atoms with van der Waals surface area (Å²) in [5.41, 5.74) is 4.49. The molecule has 1 aliphatic carbocycles. The first-order valence-corrected chi connectivity index (χ1v) is 11.1. The maximum atomic E-state index is 13.0. The van der Waals surface area contributed by atoms with Crippen LogP contribution in [0.1, 0.15) is 30.4 Å². The van der Waals surface area contributed by atoms with Crippen LogP contribution in [0, 0.1) is 11.8 Å². The van der Waals surface area contributed by atoms with Crippen molar-refractivity contribution in [1.82, 2.24) is 10.2 Å². The van der Waals surface area contributed by atoms with E-state index in [0.29, 0.717) is 6.54 Å². The molecular formula is C26H28N2O5. The van der Waals surface area contributed by atoms with Crippen molar-refractivity contribution in [3.8, 4) is 11.1 Å². The molecular weight excluding hydrogens is 420 g/mol. The lowest BCUT2D eigenvalue weighted by atomic mass is 9.98. The summed E-state index contributed by atoms with van der Waals surface area (Å²) in [7, 11) is 0. The van der Waals surface area contributed by atoms with E-state index in [1.165, 1.54) is 4.90 Å². The second kappa shape index (κ2) is 9.48. The van der Waals surface area contributed by atoms with Gasteiger partial charge >= 0.3 is 12.1 Å². The third-order valence-electron chi connectivity index (χ3n) is 6.58. The Morgan fingerprint density at radius 2 is 1.73 bits per heavy atom. The van der Waals surface area contributed by atoms with E-state index >= 15 is 0 Å². The van der Waals surface area contributed by atoms with E-state index in [-0.39, 0.29) is 37.3 Å². The lowest BCUT2D eigenvalue weighted by Crippen LogP contribution is -2.48. The first-order chi connectivity index (χ1) is 15.9. The molecule has 2 N–H and O–H groups in total. The molecule has 2 amide bonds. The van der Waals surface area contributed by atoms with Gasteiger partial charge in [0.15, 0.2) is 0 Å². The number of fused-ring (bicyclic) bond motifs is 3. The molecule has 0 bridgehead atoms. The summed E-state index contributed by atoms with van der Waals surface area (Å²) in [5, 5.41) is 12.0. The van der Waals surface area contributed by atoms with Gasteiger partial charge in [0, 0.05) is 19.0 Å². The number of carbonyl (C=O) groups is 3. The lowest BCUT2D eigenvalue weighted by molar-refractivity contribution is -0.142. The fourth-order valence-electron chi connectivity index (χ4n) is 4.86. The average Bonchev–Trinajstić information content (AvgIpc) is 3.35. The summed E-state index contributed by atoms with van der Waals surface area (Å²) in [6.07, 6.45) is 1.10. The van der Waals surface area contributed by atoms with Crippen molar-refractivity contribution in [3.05, 3.63) is 72.3 Å². The molecule has 172 valence electrons. The first kappa shape index (κ1) is 22.6. The Labute approximate surface area is 193 Å². The van der Waals surface area contributed by atoms with Crippen molar-refractivity contribution in [1.29, 1.82) is 0 Å². The second-order valence-corrected chi connectivity index (χ2v) is 8.71. The highest BCUT2D eigenvalue weighted by Crippen LogP contribution is 2.44. The summed E-state index contributed by atoms with van der Waals surface area (Å²) in [5.74, 6) is -2.06. The summed E-state index contributed by atoms with van der Waals surface area (Å²) in [6.45, 7) is 6.12. The molecule has 0 saturated carbocycles. The van der Waals surface area contributed by atoms with E-state index in [4.69, 9.17) is 4.74 Å². The second-order valence-electron chi connectivity index (χ2n) is 8.71. The van der Waals surface area contributed by atoms with Crippen molar-refractivity contribution in [2.75, 3.05) is 19.7 Å². The zero-order chi connectivity index (χ0) is 23.5. The van der Waals surface area contributed by atoms with Crippen LogP contribution in [-0.2, 0) is 14.3 Å². The Morgan fingerprint density at radius 1 is 1.12 bits per heavy atom. The monoisotopic (exact) mass is 448 g/mol. The number of aliphatic carboxylic acids is 1. The minimum absolute atomic E-state index is 0.0764. The Kier molecular flexibility index (Phi) is 6.49. The maximum Gasteiger partial charge on any atom is 0.407 e. The van der Waals surface area contributed by atoms with Crippen LogP contribution in [0.25, 0.3) is 11.1 Å². The zero-order valence-corrected chi connectivity index (χ0v) is 18.6. The van der Waals surface area contributed by atoms with E-state index in [0.717, 1.165) is 22.3 Å². The minimum Gasteiger partial charge on any atom is -0.481 e. The highest BCUT2D eigenvalue weighted by atomic mass is 16.5. The van der Waals surface area contributed by atoms with E-state index in [1.807, 2.05) is 43.3 Å². The van der Waals surface area contributed by atoms with Crippen LogP contribution in [0.4, 0.5) is 4.79 Å². The number of nitrogens with one attached hydrogen (secondary N) is 1. The highest BCUT2D eigenvalue weighted by molar-refractivity contribution is 5.87. The van der Waals surface area contributed by atoms with E-state index in [1.54, 1.807) is 6.08 Å². The number of nitrogens with zero attached hydrogens (tertiary/aromatic N) is 1. The molecule has 0 aromatic heterocycles. The molecule has 3 atom stereocenters. The average molecular weight is 449 g/mol. The fraction of sp³-hybridized carbons (Fsp3) is 0.346. The summed E-state index contributed by atoms with van der Waals surface area (Å²) >= 11 is 0. The number of rotatable bonds is 7. The van der Waals surface area contributed by atoms with Crippen molar-refractivity contribution >= 4 is 18.0 Å². The Balaban J connectivity index is 1.41. The number of carbonyl (C=O) groups excluding carboxylic acids is 2. The third kappa shape index (κ3) is 4.49. The number of benzene rings is 2. The number of alkyl carbamates (subject to hydrolysis) is 1. The largest absolute Gasteiger partial charge is 0.481 e. The molecule has 2 aliphatic rings. The first-order valence-electron chi connectivity index (χ1n) is 11.1. The van der Waals surface area contributed by atoms with Gasteiger partial charge in [0.2, 0.25) is 5.91 Å². The molecule has 0 spiro atoms. The molecule has 7 nitrogen and oxygen atoms in total. The normalized spacial score (nSPS) is 20.0. The summed E-state index contributed by atoms with van der Waals surface area (Å²) in [6, 6.07) is 15.3. The van der Waals surface area contributed by atoms with Crippen molar-refractivity contribution in [2.24, 2.45) is 11.8 Å². The van der Waals surface area contributed by atoms with E-state index in [9.17, 15) is 19.5 Å². The van der Waals surface area contributed by atoms with Gasteiger partial charge in [-0.25, -0.2) is 4.79 Å². The molecule has 0 radical (unpaired) electrons. The van der Waals surface area contributed by atoms with E-state index in [2.05, 4.69) is 24.0 Å². The molecule has 33 heavy (non-hydrogen) atoms. The van der Waals surface area contributed by atoms with Crippen LogP contribution in [0.3, 0.4) is 0 Å². The highest BCUT2D eigenvalue weighted by Gasteiger charge is 2.39. The topological polar surface area (TPSA) is 95.9 Å². The SMILES string of the molecule is C=CCC(NC(=O)OCC1c2ccccc2-c2ccccc21)C(=O)N1C[C@H](C(=O)O)[C@@H](C)C1. The van der Waals surface area contributed by atoms with Gasteiger partial charge in [-0.1, -0.05) is 61.5 Å². The molecule has 1 heterocycles. The van der Waals surface area contributed by atoms with Gasteiger partial charge in [0.05, 0.1) is 5.92 Å². The number of ether oxygens (including phenoxy) is 1. The Hall–Kier alpha value is -3.61. The van der Waals surface area contributed by atoms with Gasteiger partial charge in [-0.05, 0) is 34.6 Å². The van der Waals surface area contributed by atoms with Crippen molar-refractivity contribution in [2.45, 2.75) is 25.3 Å². The van der Waals surface area contributed by atoms with Crippen LogP contribution < -0.4 is 5.32 Å². The maximum absolute atomic E-state index is 13.0. The number of amides is 2. The molecule has 7 heteroatoms. The number of likely N-dealkylation sites (tertiary alicyclic amines) is 1. The molecule has 2 aromatic carbocycles. The van der Waals surface area contributed by atoms with Crippen LogP contribution in [0.5, 0.6) is 0 Å². The van der Waals surface area contributed by atoms with Crippen molar-refractivity contribution < 1.29 is 24.2 Å². The van der Waals surface area contributed by atoms with Gasteiger partial charge in [-0.2, -0.15) is 0 Å².